The van der Waals surface area contributed by atoms with Crippen molar-refractivity contribution in [3.63, 3.8) is 0 Å². The normalized spacial score (nSPS) is 10.3. The van der Waals surface area contributed by atoms with Gasteiger partial charge in [-0.25, -0.2) is 9.18 Å². The van der Waals surface area contributed by atoms with Gasteiger partial charge in [-0.3, -0.25) is 9.59 Å². The van der Waals surface area contributed by atoms with E-state index in [0.717, 1.165) is 0 Å². The third-order valence-corrected chi connectivity index (χ3v) is 4.07. The number of methoxy groups -OCH3 is 1. The van der Waals surface area contributed by atoms with Crippen molar-refractivity contribution in [2.24, 2.45) is 0 Å². The topological polar surface area (TPSA) is 83.9 Å². The summed E-state index contributed by atoms with van der Waals surface area (Å²) in [5.41, 5.74) is 1.30. The number of benzene rings is 2. The van der Waals surface area contributed by atoms with Crippen LogP contribution in [0.25, 0.3) is 0 Å². The van der Waals surface area contributed by atoms with E-state index in [4.69, 9.17) is 21.4 Å². The van der Waals surface area contributed by atoms with Crippen LogP contribution in [0.2, 0.25) is 5.02 Å². The number of aliphatic carboxylic acids is 1. The SMILES string of the molecule is COc1ccc(CN(Cc2ccc(F)cc2)C(=O)CC(=O)C(=O)O)cc1Cl. The third kappa shape index (κ3) is 5.79. The van der Waals surface area contributed by atoms with Crippen LogP contribution >= 0.6 is 11.6 Å². The Balaban J connectivity index is 2.23. The summed E-state index contributed by atoms with van der Waals surface area (Å²) >= 11 is 6.09. The van der Waals surface area contributed by atoms with Gasteiger partial charge in [-0.1, -0.05) is 29.8 Å². The number of ether oxygens (including phenoxy) is 1. The molecule has 0 bridgehead atoms. The Morgan fingerprint density at radius 2 is 1.67 bits per heavy atom. The average Bonchev–Trinajstić information content (AvgIpc) is 2.63. The van der Waals surface area contributed by atoms with Crippen LogP contribution in [0, 0.1) is 5.82 Å². The van der Waals surface area contributed by atoms with Gasteiger partial charge in [0.15, 0.2) is 0 Å². The maximum Gasteiger partial charge on any atom is 0.372 e. The Kier molecular flexibility index (Phi) is 6.90. The van der Waals surface area contributed by atoms with Crippen LogP contribution in [0.15, 0.2) is 42.5 Å². The van der Waals surface area contributed by atoms with Crippen molar-refractivity contribution in [3.8, 4) is 5.75 Å². The van der Waals surface area contributed by atoms with Gasteiger partial charge >= 0.3 is 5.97 Å². The summed E-state index contributed by atoms with van der Waals surface area (Å²) in [5.74, 6) is -3.47. The second-order valence-corrected chi connectivity index (χ2v) is 6.16. The summed E-state index contributed by atoms with van der Waals surface area (Å²) < 4.78 is 18.2. The van der Waals surface area contributed by atoms with E-state index in [1.165, 1.54) is 36.3 Å². The van der Waals surface area contributed by atoms with E-state index in [1.54, 1.807) is 18.2 Å². The number of carboxylic acid groups (broad SMARTS) is 1. The van der Waals surface area contributed by atoms with Gasteiger partial charge in [0.1, 0.15) is 11.6 Å². The predicted molar refractivity (Wildman–Crippen MR) is 95.9 cm³/mol. The van der Waals surface area contributed by atoms with Crippen LogP contribution in [0.4, 0.5) is 4.39 Å². The number of carbonyl (C=O) groups is 3. The Hall–Kier alpha value is -2.93. The summed E-state index contributed by atoms with van der Waals surface area (Å²) in [7, 11) is 1.47. The lowest BCUT2D eigenvalue weighted by Crippen LogP contribution is -2.33. The van der Waals surface area contributed by atoms with Gasteiger partial charge < -0.3 is 14.7 Å². The van der Waals surface area contributed by atoms with Gasteiger partial charge in [-0.2, -0.15) is 0 Å². The monoisotopic (exact) mass is 393 g/mol. The van der Waals surface area contributed by atoms with Crippen LogP contribution in [0.5, 0.6) is 5.75 Å². The molecule has 27 heavy (non-hydrogen) atoms. The molecule has 0 aromatic heterocycles. The fourth-order valence-electron chi connectivity index (χ4n) is 2.40. The lowest BCUT2D eigenvalue weighted by molar-refractivity contribution is -0.151. The minimum atomic E-state index is -1.67. The average molecular weight is 394 g/mol. The summed E-state index contributed by atoms with van der Waals surface area (Å²) in [6, 6.07) is 10.5. The van der Waals surface area contributed by atoms with Crippen molar-refractivity contribution >= 4 is 29.3 Å². The van der Waals surface area contributed by atoms with E-state index in [-0.39, 0.29) is 13.1 Å². The highest BCUT2D eigenvalue weighted by Gasteiger charge is 2.22. The molecule has 0 saturated heterocycles. The highest BCUT2D eigenvalue weighted by atomic mass is 35.5. The van der Waals surface area contributed by atoms with Gasteiger partial charge in [0.2, 0.25) is 11.7 Å². The first-order chi connectivity index (χ1) is 12.8. The van der Waals surface area contributed by atoms with Crippen molar-refractivity contribution in [1.29, 1.82) is 0 Å². The third-order valence-electron chi connectivity index (χ3n) is 3.78. The van der Waals surface area contributed by atoms with Crippen molar-refractivity contribution in [2.75, 3.05) is 7.11 Å². The lowest BCUT2D eigenvalue weighted by Gasteiger charge is -2.23. The molecule has 2 aromatic rings. The molecule has 0 radical (unpaired) electrons. The summed E-state index contributed by atoms with van der Waals surface area (Å²) in [5, 5.41) is 9.08. The first kappa shape index (κ1) is 20.4. The second kappa shape index (κ2) is 9.14. The quantitative estimate of drug-likeness (QED) is 0.550. The molecule has 8 heteroatoms. The van der Waals surface area contributed by atoms with Crippen LogP contribution in [0.1, 0.15) is 17.5 Å². The van der Waals surface area contributed by atoms with E-state index >= 15 is 0 Å². The smallest absolute Gasteiger partial charge is 0.372 e. The van der Waals surface area contributed by atoms with Crippen LogP contribution in [0.3, 0.4) is 0 Å². The number of ketones is 1. The molecule has 2 rings (SSSR count). The minimum absolute atomic E-state index is 0.0790. The summed E-state index contributed by atoms with van der Waals surface area (Å²) in [4.78, 5) is 35.9. The van der Waals surface area contributed by atoms with Crippen LogP contribution < -0.4 is 4.74 Å². The number of halogens is 2. The molecule has 1 N–H and O–H groups in total. The van der Waals surface area contributed by atoms with Crippen molar-refractivity contribution < 1.29 is 28.6 Å². The summed E-state index contributed by atoms with van der Waals surface area (Å²) in [6.07, 6.45) is -0.763. The maximum atomic E-state index is 13.1. The Morgan fingerprint density at radius 3 is 2.22 bits per heavy atom. The first-order valence-corrected chi connectivity index (χ1v) is 8.28. The fraction of sp³-hybridized carbons (Fsp3) is 0.211. The van der Waals surface area contributed by atoms with E-state index in [2.05, 4.69) is 0 Å². The van der Waals surface area contributed by atoms with E-state index in [1.807, 2.05) is 0 Å². The molecule has 0 fully saturated rings. The zero-order valence-corrected chi connectivity index (χ0v) is 15.2. The minimum Gasteiger partial charge on any atom is -0.495 e. The van der Waals surface area contributed by atoms with Crippen LogP contribution in [-0.2, 0) is 27.5 Å². The van der Waals surface area contributed by atoms with Gasteiger partial charge in [0, 0.05) is 13.1 Å². The van der Waals surface area contributed by atoms with Gasteiger partial charge in [0.25, 0.3) is 0 Å². The van der Waals surface area contributed by atoms with E-state index in [9.17, 15) is 18.8 Å². The van der Waals surface area contributed by atoms with Gasteiger partial charge in [0.05, 0.1) is 18.6 Å². The summed E-state index contributed by atoms with van der Waals surface area (Å²) in [6.45, 7) is 0.169. The lowest BCUT2D eigenvalue weighted by atomic mass is 10.1. The molecule has 0 heterocycles. The number of amides is 1. The number of rotatable bonds is 8. The first-order valence-electron chi connectivity index (χ1n) is 7.91. The molecule has 1 amide bonds. The molecule has 142 valence electrons. The van der Waals surface area contributed by atoms with Gasteiger partial charge in [-0.15, -0.1) is 0 Å². The maximum absolute atomic E-state index is 13.1. The largest absolute Gasteiger partial charge is 0.495 e. The standard InChI is InChI=1S/C19H17ClFNO5/c1-27-17-7-4-13(8-15(17)20)11-22(18(24)9-16(23)19(25)26)10-12-2-5-14(21)6-3-12/h2-8H,9-11H2,1H3,(H,25,26). The highest BCUT2D eigenvalue weighted by molar-refractivity contribution is 6.36. The van der Waals surface area contributed by atoms with Crippen molar-refractivity contribution in [3.05, 3.63) is 64.4 Å². The molecule has 0 unspecified atom stereocenters. The second-order valence-electron chi connectivity index (χ2n) is 5.75. The van der Waals surface area contributed by atoms with Crippen molar-refractivity contribution in [1.82, 2.24) is 4.90 Å². The molecule has 0 atom stereocenters. The Bertz CT molecular complexity index is 854. The number of nitrogens with zero attached hydrogens (tertiary/aromatic N) is 1. The van der Waals surface area contributed by atoms with Crippen molar-refractivity contribution in [2.45, 2.75) is 19.5 Å². The predicted octanol–water partition coefficient (Wildman–Crippen LogP) is 3.06. The molecule has 6 nitrogen and oxygen atoms in total. The number of Topliss-reactive ketones (excluding diaryl/α,β-unsaturated/α-hetero) is 1. The molecule has 0 spiro atoms. The van der Waals surface area contributed by atoms with Crippen LogP contribution in [-0.4, -0.2) is 34.8 Å². The number of carboxylic acids is 1. The van der Waals surface area contributed by atoms with E-state index in [0.29, 0.717) is 21.9 Å². The molecular formula is C19H17ClFNO5. The Labute approximate surface area is 160 Å². The number of carbonyl (C=O) groups excluding carboxylic acids is 2. The molecular weight excluding hydrogens is 377 g/mol. The number of hydrogen-bond donors (Lipinski definition) is 1. The molecule has 0 saturated carbocycles. The van der Waals surface area contributed by atoms with E-state index < -0.39 is 29.9 Å². The number of hydrogen-bond acceptors (Lipinski definition) is 4. The highest BCUT2D eigenvalue weighted by Crippen LogP contribution is 2.26. The van der Waals surface area contributed by atoms with Gasteiger partial charge in [-0.05, 0) is 35.4 Å². The fourth-order valence-corrected chi connectivity index (χ4v) is 2.68. The zero-order chi connectivity index (χ0) is 20.0. The molecule has 0 aliphatic rings. The molecule has 0 aliphatic carbocycles. The molecule has 0 aliphatic heterocycles. The molecule has 2 aromatic carbocycles. The zero-order valence-electron chi connectivity index (χ0n) is 14.4. The Morgan fingerprint density at radius 1 is 1.07 bits per heavy atom.